The molecule has 3 N–H and O–H groups in total. The predicted molar refractivity (Wildman–Crippen MR) is 38.9 cm³/mol. The van der Waals surface area contributed by atoms with Gasteiger partial charge in [0.1, 0.15) is 11.4 Å². The molecule has 58 valence electrons. The monoisotopic (exact) mass is 153 g/mol. The Hall–Kier alpha value is -1.55. The summed E-state index contributed by atoms with van der Waals surface area (Å²) >= 11 is 0. The van der Waals surface area contributed by atoms with E-state index in [0.717, 1.165) is 0 Å². The minimum absolute atomic E-state index is 0.0301. The van der Waals surface area contributed by atoms with E-state index in [4.69, 9.17) is 10.3 Å². The van der Waals surface area contributed by atoms with Gasteiger partial charge in [-0.2, -0.15) is 0 Å². The molecule has 11 heavy (non-hydrogen) atoms. The van der Waals surface area contributed by atoms with Gasteiger partial charge in [0.15, 0.2) is 6.29 Å². The highest BCUT2D eigenvalue weighted by Gasteiger charge is 2.03. The molecule has 0 amide bonds. The Bertz CT molecular complexity index is 272. The molecule has 1 aromatic rings. The van der Waals surface area contributed by atoms with Crippen LogP contribution >= 0.6 is 0 Å². The van der Waals surface area contributed by atoms with Crippen LogP contribution in [0.15, 0.2) is 18.2 Å². The number of aromatic hydroxyl groups is 1. The van der Waals surface area contributed by atoms with Gasteiger partial charge in [0.2, 0.25) is 0 Å². The van der Waals surface area contributed by atoms with E-state index < -0.39 is 0 Å². The number of hydrogen-bond donors (Lipinski definition) is 3. The first-order valence-corrected chi connectivity index (χ1v) is 2.97. The second-order valence-corrected chi connectivity index (χ2v) is 1.97. The van der Waals surface area contributed by atoms with Crippen LogP contribution in [0.1, 0.15) is 10.4 Å². The van der Waals surface area contributed by atoms with Gasteiger partial charge < -0.3 is 5.11 Å². The summed E-state index contributed by atoms with van der Waals surface area (Å²) in [6.07, 6.45) is 0.540. The Kier molecular flexibility index (Phi) is 2.08. The number of nitrogens with one attached hydrogen (secondary N) is 1. The highest BCUT2D eigenvalue weighted by atomic mass is 16.5. The number of para-hydroxylation sites is 1. The summed E-state index contributed by atoms with van der Waals surface area (Å²) < 4.78 is 0. The zero-order valence-corrected chi connectivity index (χ0v) is 5.61. The number of aldehydes is 1. The van der Waals surface area contributed by atoms with Crippen LogP contribution in [0.4, 0.5) is 5.69 Å². The van der Waals surface area contributed by atoms with Crippen LogP contribution in [0.5, 0.6) is 5.75 Å². The molecule has 0 aromatic heterocycles. The van der Waals surface area contributed by atoms with Crippen LogP contribution in [-0.4, -0.2) is 16.6 Å². The van der Waals surface area contributed by atoms with E-state index in [9.17, 15) is 4.79 Å². The highest BCUT2D eigenvalue weighted by molar-refractivity contribution is 5.86. The Morgan fingerprint density at radius 1 is 1.45 bits per heavy atom. The van der Waals surface area contributed by atoms with Gasteiger partial charge in [-0.05, 0) is 12.1 Å². The van der Waals surface area contributed by atoms with Crippen LogP contribution in [0.25, 0.3) is 0 Å². The van der Waals surface area contributed by atoms with Crippen LogP contribution in [0.2, 0.25) is 0 Å². The van der Waals surface area contributed by atoms with E-state index in [0.29, 0.717) is 6.29 Å². The SMILES string of the molecule is O=Cc1cccc(O)c1NO. The van der Waals surface area contributed by atoms with E-state index >= 15 is 0 Å². The molecule has 0 atom stereocenters. The average Bonchev–Trinajstić information content (AvgIpc) is 2.04. The van der Waals surface area contributed by atoms with Gasteiger partial charge in [-0.15, -0.1) is 0 Å². The fraction of sp³-hybridized carbons (Fsp3) is 0. The summed E-state index contributed by atoms with van der Waals surface area (Å²) in [5.41, 5.74) is 1.98. The summed E-state index contributed by atoms with van der Waals surface area (Å²) in [6, 6.07) is 4.36. The second-order valence-electron chi connectivity index (χ2n) is 1.97. The van der Waals surface area contributed by atoms with Crippen molar-refractivity contribution in [1.29, 1.82) is 0 Å². The maximum atomic E-state index is 10.3. The van der Waals surface area contributed by atoms with Crippen molar-refractivity contribution >= 4 is 12.0 Å². The summed E-state index contributed by atoms with van der Waals surface area (Å²) in [5, 5.41) is 17.5. The molecule has 1 rings (SSSR count). The van der Waals surface area contributed by atoms with Gasteiger partial charge in [-0.3, -0.25) is 15.5 Å². The number of benzene rings is 1. The molecular weight excluding hydrogens is 146 g/mol. The molecule has 0 unspecified atom stereocenters. The molecule has 0 saturated heterocycles. The van der Waals surface area contributed by atoms with E-state index in [1.165, 1.54) is 18.2 Å². The fourth-order valence-electron chi connectivity index (χ4n) is 0.778. The minimum atomic E-state index is -0.155. The Labute approximate surface area is 63.1 Å². The lowest BCUT2D eigenvalue weighted by atomic mass is 10.2. The molecule has 0 fully saturated rings. The number of phenolic OH excluding ortho intramolecular Hbond substituents is 1. The summed E-state index contributed by atoms with van der Waals surface area (Å²) in [7, 11) is 0. The van der Waals surface area contributed by atoms with Crippen molar-refractivity contribution in [2.24, 2.45) is 0 Å². The van der Waals surface area contributed by atoms with E-state index in [-0.39, 0.29) is 17.0 Å². The maximum absolute atomic E-state index is 10.3. The molecule has 0 bridgehead atoms. The van der Waals surface area contributed by atoms with Gasteiger partial charge in [0.25, 0.3) is 0 Å². The van der Waals surface area contributed by atoms with Gasteiger partial charge >= 0.3 is 0 Å². The molecule has 0 aliphatic carbocycles. The quantitative estimate of drug-likeness (QED) is 0.337. The summed E-state index contributed by atoms with van der Waals surface area (Å²) in [5.74, 6) is -0.155. The Morgan fingerprint density at radius 2 is 2.18 bits per heavy atom. The van der Waals surface area contributed by atoms with Gasteiger partial charge in [-0.25, -0.2) is 0 Å². The van der Waals surface area contributed by atoms with Gasteiger partial charge in [0.05, 0.1) is 0 Å². The van der Waals surface area contributed by atoms with Crippen molar-refractivity contribution in [3.05, 3.63) is 23.8 Å². The molecule has 0 spiro atoms. The number of carbonyl (C=O) groups excluding carboxylic acids is 1. The number of anilines is 1. The molecule has 0 aliphatic rings. The number of rotatable bonds is 2. The lowest BCUT2D eigenvalue weighted by Gasteiger charge is -2.03. The molecule has 0 aliphatic heterocycles. The van der Waals surface area contributed by atoms with Crippen LogP contribution in [0, 0.1) is 0 Å². The molecule has 4 heteroatoms. The van der Waals surface area contributed by atoms with Crippen LogP contribution in [0.3, 0.4) is 0 Å². The smallest absolute Gasteiger partial charge is 0.152 e. The first-order chi connectivity index (χ1) is 5.29. The third kappa shape index (κ3) is 1.30. The average molecular weight is 153 g/mol. The van der Waals surface area contributed by atoms with Crippen molar-refractivity contribution in [2.45, 2.75) is 0 Å². The zero-order chi connectivity index (χ0) is 8.27. The molecule has 4 nitrogen and oxygen atoms in total. The van der Waals surface area contributed by atoms with Crippen molar-refractivity contribution < 1.29 is 15.1 Å². The minimum Gasteiger partial charge on any atom is -0.506 e. The third-order valence-electron chi connectivity index (χ3n) is 1.31. The molecule has 1 aromatic carbocycles. The van der Waals surface area contributed by atoms with E-state index in [1.807, 2.05) is 0 Å². The lowest BCUT2D eigenvalue weighted by molar-refractivity contribution is 0.112. The van der Waals surface area contributed by atoms with E-state index in [2.05, 4.69) is 0 Å². The Balaban J connectivity index is 3.23. The van der Waals surface area contributed by atoms with Crippen LogP contribution < -0.4 is 5.48 Å². The summed E-state index contributed by atoms with van der Waals surface area (Å²) in [4.78, 5) is 10.3. The number of carbonyl (C=O) groups is 1. The predicted octanol–water partition coefficient (Wildman–Crippen LogP) is 1.01. The molecule has 0 heterocycles. The third-order valence-corrected chi connectivity index (χ3v) is 1.31. The standard InChI is InChI=1S/C7H7NO3/c9-4-5-2-1-3-6(10)7(5)8-11/h1-4,8,10-11H. The first kappa shape index (κ1) is 7.56. The lowest BCUT2D eigenvalue weighted by Crippen LogP contribution is -1.94. The van der Waals surface area contributed by atoms with Gasteiger partial charge in [-0.1, -0.05) is 6.07 Å². The van der Waals surface area contributed by atoms with Crippen molar-refractivity contribution in [3.8, 4) is 5.75 Å². The zero-order valence-electron chi connectivity index (χ0n) is 5.61. The molecular formula is C7H7NO3. The molecule has 0 saturated carbocycles. The maximum Gasteiger partial charge on any atom is 0.152 e. The second kappa shape index (κ2) is 3.03. The normalized spacial score (nSPS) is 9.18. The Morgan fingerprint density at radius 3 is 2.64 bits per heavy atom. The van der Waals surface area contributed by atoms with Crippen molar-refractivity contribution in [1.82, 2.24) is 0 Å². The van der Waals surface area contributed by atoms with Crippen molar-refractivity contribution in [3.63, 3.8) is 0 Å². The fourth-order valence-corrected chi connectivity index (χ4v) is 0.778. The van der Waals surface area contributed by atoms with Crippen LogP contribution in [-0.2, 0) is 0 Å². The first-order valence-electron chi connectivity index (χ1n) is 2.97. The van der Waals surface area contributed by atoms with E-state index in [1.54, 1.807) is 5.48 Å². The topological polar surface area (TPSA) is 69.6 Å². The highest BCUT2D eigenvalue weighted by Crippen LogP contribution is 2.24. The molecule has 0 radical (unpaired) electrons. The van der Waals surface area contributed by atoms with Gasteiger partial charge in [0, 0.05) is 5.56 Å². The number of phenols is 1. The van der Waals surface area contributed by atoms with Crippen molar-refractivity contribution in [2.75, 3.05) is 5.48 Å². The summed E-state index contributed by atoms with van der Waals surface area (Å²) in [6.45, 7) is 0. The largest absolute Gasteiger partial charge is 0.506 e. The number of hydrogen-bond acceptors (Lipinski definition) is 4.